The molecule has 0 saturated heterocycles. The first-order valence-corrected chi connectivity index (χ1v) is 5.46. The molecule has 0 spiro atoms. The highest BCUT2D eigenvalue weighted by atomic mass is 15.3. The van der Waals surface area contributed by atoms with Crippen LogP contribution in [0.3, 0.4) is 0 Å². The Balaban J connectivity index is 2.66. The Morgan fingerprint density at radius 1 is 1.43 bits per heavy atom. The summed E-state index contributed by atoms with van der Waals surface area (Å²) in [5, 5.41) is 4.37. The molecule has 0 radical (unpaired) electrons. The third kappa shape index (κ3) is 2.84. The molecule has 1 atom stereocenters. The van der Waals surface area contributed by atoms with E-state index in [4.69, 9.17) is 5.73 Å². The van der Waals surface area contributed by atoms with Gasteiger partial charge < -0.3 is 5.73 Å². The van der Waals surface area contributed by atoms with Crippen molar-refractivity contribution in [3.05, 3.63) is 18.0 Å². The Hall–Kier alpha value is -0.830. The zero-order valence-electron chi connectivity index (χ0n) is 9.40. The average Bonchev–Trinajstić information content (AvgIpc) is 2.54. The monoisotopic (exact) mass is 195 g/mol. The fraction of sp³-hybridized carbons (Fsp3) is 0.727. The third-order valence-corrected chi connectivity index (χ3v) is 2.53. The van der Waals surface area contributed by atoms with Crippen molar-refractivity contribution < 1.29 is 0 Å². The SMILES string of the molecule is CCC(CC)n1cc(CC(C)N)cn1. The minimum Gasteiger partial charge on any atom is -0.328 e. The van der Waals surface area contributed by atoms with Crippen molar-refractivity contribution in [1.82, 2.24) is 9.78 Å². The number of aromatic nitrogens is 2. The van der Waals surface area contributed by atoms with Crippen LogP contribution in [0.1, 0.15) is 45.2 Å². The minimum absolute atomic E-state index is 0.217. The van der Waals surface area contributed by atoms with Gasteiger partial charge >= 0.3 is 0 Å². The normalized spacial score (nSPS) is 13.5. The summed E-state index contributed by atoms with van der Waals surface area (Å²) in [6.07, 6.45) is 7.24. The smallest absolute Gasteiger partial charge is 0.0522 e. The van der Waals surface area contributed by atoms with E-state index in [1.54, 1.807) is 0 Å². The Morgan fingerprint density at radius 3 is 2.57 bits per heavy atom. The Labute approximate surface area is 86.3 Å². The van der Waals surface area contributed by atoms with E-state index in [2.05, 4.69) is 29.8 Å². The molecule has 1 unspecified atom stereocenters. The fourth-order valence-corrected chi connectivity index (χ4v) is 1.72. The van der Waals surface area contributed by atoms with Crippen molar-refractivity contribution in [2.45, 2.75) is 52.1 Å². The largest absolute Gasteiger partial charge is 0.328 e. The Bertz CT molecular complexity index is 261. The summed E-state index contributed by atoms with van der Waals surface area (Å²) in [5.41, 5.74) is 6.98. The quantitative estimate of drug-likeness (QED) is 0.782. The highest BCUT2D eigenvalue weighted by Crippen LogP contribution is 2.15. The summed E-state index contributed by atoms with van der Waals surface area (Å²) in [6, 6.07) is 0.756. The third-order valence-electron chi connectivity index (χ3n) is 2.53. The van der Waals surface area contributed by atoms with Gasteiger partial charge in [0.2, 0.25) is 0 Å². The van der Waals surface area contributed by atoms with Crippen LogP contribution < -0.4 is 5.73 Å². The molecule has 0 aliphatic heterocycles. The molecular weight excluding hydrogens is 174 g/mol. The Kier molecular flexibility index (Phi) is 4.14. The molecule has 3 heteroatoms. The maximum Gasteiger partial charge on any atom is 0.0522 e. The molecule has 1 aromatic rings. The van der Waals surface area contributed by atoms with Gasteiger partial charge in [-0.2, -0.15) is 5.10 Å². The summed E-state index contributed by atoms with van der Waals surface area (Å²) in [4.78, 5) is 0. The molecule has 0 aromatic carbocycles. The van der Waals surface area contributed by atoms with E-state index in [0.717, 1.165) is 19.3 Å². The van der Waals surface area contributed by atoms with Gasteiger partial charge in [0.05, 0.1) is 12.2 Å². The van der Waals surface area contributed by atoms with E-state index in [1.165, 1.54) is 5.56 Å². The highest BCUT2D eigenvalue weighted by Gasteiger charge is 2.08. The van der Waals surface area contributed by atoms with Gasteiger partial charge in [0.15, 0.2) is 0 Å². The van der Waals surface area contributed by atoms with Gasteiger partial charge in [-0.3, -0.25) is 4.68 Å². The second-order valence-electron chi connectivity index (χ2n) is 3.98. The number of hydrogen-bond acceptors (Lipinski definition) is 2. The van der Waals surface area contributed by atoms with Gasteiger partial charge in [-0.1, -0.05) is 13.8 Å². The first kappa shape index (κ1) is 11.2. The van der Waals surface area contributed by atoms with Crippen molar-refractivity contribution >= 4 is 0 Å². The first-order valence-electron chi connectivity index (χ1n) is 5.46. The van der Waals surface area contributed by atoms with Gasteiger partial charge in [0.25, 0.3) is 0 Å². The summed E-state index contributed by atoms with van der Waals surface area (Å²) < 4.78 is 2.07. The van der Waals surface area contributed by atoms with E-state index in [0.29, 0.717) is 6.04 Å². The van der Waals surface area contributed by atoms with E-state index in [9.17, 15) is 0 Å². The predicted molar refractivity (Wildman–Crippen MR) is 59.2 cm³/mol. The summed E-state index contributed by atoms with van der Waals surface area (Å²) in [5.74, 6) is 0. The molecule has 0 amide bonds. The lowest BCUT2D eigenvalue weighted by Gasteiger charge is -2.12. The molecule has 80 valence electrons. The maximum absolute atomic E-state index is 5.74. The van der Waals surface area contributed by atoms with Crippen LogP contribution in [0, 0.1) is 0 Å². The van der Waals surface area contributed by atoms with Crippen LogP contribution in [0.25, 0.3) is 0 Å². The number of nitrogens with zero attached hydrogens (tertiary/aromatic N) is 2. The summed E-state index contributed by atoms with van der Waals surface area (Å²) in [6.45, 7) is 6.41. The lowest BCUT2D eigenvalue weighted by molar-refractivity contribution is 0.428. The van der Waals surface area contributed by atoms with Crippen LogP contribution in [-0.4, -0.2) is 15.8 Å². The van der Waals surface area contributed by atoms with Crippen LogP contribution in [-0.2, 0) is 6.42 Å². The number of nitrogens with two attached hydrogens (primary N) is 1. The standard InChI is InChI=1S/C11H21N3/c1-4-11(5-2)14-8-10(7-13-14)6-9(3)12/h7-9,11H,4-6,12H2,1-3H3. The molecule has 0 aliphatic rings. The molecule has 1 heterocycles. The van der Waals surface area contributed by atoms with Gasteiger partial charge in [0, 0.05) is 12.2 Å². The van der Waals surface area contributed by atoms with Crippen molar-refractivity contribution in [1.29, 1.82) is 0 Å². The van der Waals surface area contributed by atoms with Crippen molar-refractivity contribution in [3.63, 3.8) is 0 Å². The second kappa shape index (κ2) is 5.15. The van der Waals surface area contributed by atoms with Gasteiger partial charge in [-0.25, -0.2) is 0 Å². The molecule has 0 bridgehead atoms. The molecule has 0 fully saturated rings. The zero-order chi connectivity index (χ0) is 10.6. The lowest BCUT2D eigenvalue weighted by Crippen LogP contribution is -2.17. The molecular formula is C11H21N3. The topological polar surface area (TPSA) is 43.8 Å². The maximum atomic E-state index is 5.74. The van der Waals surface area contributed by atoms with Crippen LogP contribution >= 0.6 is 0 Å². The van der Waals surface area contributed by atoms with E-state index >= 15 is 0 Å². The average molecular weight is 195 g/mol. The second-order valence-corrected chi connectivity index (χ2v) is 3.98. The highest BCUT2D eigenvalue weighted by molar-refractivity contribution is 5.06. The Morgan fingerprint density at radius 2 is 2.07 bits per heavy atom. The van der Waals surface area contributed by atoms with E-state index in [-0.39, 0.29) is 6.04 Å². The van der Waals surface area contributed by atoms with Crippen molar-refractivity contribution in [2.75, 3.05) is 0 Å². The zero-order valence-corrected chi connectivity index (χ0v) is 9.40. The molecule has 1 aromatic heterocycles. The molecule has 0 saturated carbocycles. The van der Waals surface area contributed by atoms with Crippen LogP contribution in [0.5, 0.6) is 0 Å². The van der Waals surface area contributed by atoms with Crippen LogP contribution in [0.2, 0.25) is 0 Å². The van der Waals surface area contributed by atoms with Crippen molar-refractivity contribution in [2.24, 2.45) is 5.73 Å². The molecule has 14 heavy (non-hydrogen) atoms. The minimum atomic E-state index is 0.217. The summed E-state index contributed by atoms with van der Waals surface area (Å²) in [7, 11) is 0. The van der Waals surface area contributed by atoms with Crippen molar-refractivity contribution in [3.8, 4) is 0 Å². The molecule has 0 aliphatic carbocycles. The summed E-state index contributed by atoms with van der Waals surface area (Å²) >= 11 is 0. The predicted octanol–water partition coefficient (Wildman–Crippen LogP) is 2.13. The molecule has 2 N–H and O–H groups in total. The molecule has 3 nitrogen and oxygen atoms in total. The van der Waals surface area contributed by atoms with Crippen LogP contribution in [0.4, 0.5) is 0 Å². The number of rotatable bonds is 5. The fourth-order valence-electron chi connectivity index (χ4n) is 1.72. The van der Waals surface area contributed by atoms with Gasteiger partial charge in [0.1, 0.15) is 0 Å². The van der Waals surface area contributed by atoms with Crippen LogP contribution in [0.15, 0.2) is 12.4 Å². The number of hydrogen-bond donors (Lipinski definition) is 1. The first-order chi connectivity index (χ1) is 6.67. The lowest BCUT2D eigenvalue weighted by atomic mass is 10.1. The molecule has 1 rings (SSSR count). The van der Waals surface area contributed by atoms with Gasteiger partial charge in [-0.15, -0.1) is 0 Å². The van der Waals surface area contributed by atoms with E-state index < -0.39 is 0 Å². The van der Waals surface area contributed by atoms with Gasteiger partial charge in [-0.05, 0) is 31.7 Å². The van der Waals surface area contributed by atoms with E-state index in [1.807, 2.05) is 13.1 Å².